The lowest BCUT2D eigenvalue weighted by Gasteiger charge is -2.22. The van der Waals surface area contributed by atoms with Crippen LogP contribution in [0.2, 0.25) is 0 Å². The average Bonchev–Trinajstić information content (AvgIpc) is 3.00. The summed E-state index contributed by atoms with van der Waals surface area (Å²) in [5.74, 6) is 0.365. The summed E-state index contributed by atoms with van der Waals surface area (Å²) in [6.45, 7) is 10.5. The molecule has 10 nitrogen and oxygen atoms in total. The number of hydrogen-bond acceptors (Lipinski definition) is 10. The second kappa shape index (κ2) is 23.8. The summed E-state index contributed by atoms with van der Waals surface area (Å²) < 4.78 is 37.0. The minimum absolute atomic E-state index is 0. The molecular weight excluding hydrogens is 562 g/mol. The van der Waals surface area contributed by atoms with Crippen molar-refractivity contribution in [2.24, 2.45) is 0 Å². The van der Waals surface area contributed by atoms with Gasteiger partial charge in [-0.15, -0.1) is 0 Å². The number of benzene rings is 1. The molecule has 0 atom stereocenters. The Morgan fingerprint density at radius 3 is 2.19 bits per heavy atom. The second-order valence-corrected chi connectivity index (χ2v) is 8.96. The Bertz CT molecular complexity index is 1150. The van der Waals surface area contributed by atoms with Crippen LogP contribution in [-0.2, 0) is 33.2 Å². The van der Waals surface area contributed by atoms with Gasteiger partial charge in [-0.2, -0.15) is 13.5 Å². The Morgan fingerprint density at radius 2 is 1.57 bits per heavy atom. The molecule has 0 saturated carbocycles. The van der Waals surface area contributed by atoms with Gasteiger partial charge in [-0.05, 0) is 31.7 Å². The number of carbonyl (C=O) groups is 1. The van der Waals surface area contributed by atoms with Gasteiger partial charge in [0.15, 0.2) is 12.2 Å². The Balaban J connectivity index is 0.000000503. The number of methoxy groups -OCH3 is 1. The van der Waals surface area contributed by atoms with Crippen molar-refractivity contribution in [2.45, 2.75) is 33.1 Å². The van der Waals surface area contributed by atoms with Gasteiger partial charge < -0.3 is 37.7 Å². The van der Waals surface area contributed by atoms with E-state index in [9.17, 15) is 9.59 Å². The van der Waals surface area contributed by atoms with Crippen LogP contribution in [0.1, 0.15) is 38.7 Å². The summed E-state index contributed by atoms with van der Waals surface area (Å²) in [7, 11) is 1.66. The minimum Gasteiger partial charge on any atom is -0.446 e. The Morgan fingerprint density at radius 1 is 0.905 bits per heavy atom. The molecule has 0 unspecified atom stereocenters. The lowest BCUT2D eigenvalue weighted by Crippen LogP contribution is -2.43. The van der Waals surface area contributed by atoms with Gasteiger partial charge in [0.2, 0.25) is 5.88 Å². The molecule has 236 valence electrons. The first-order valence-electron chi connectivity index (χ1n) is 14.2. The predicted octanol–water partition coefficient (Wildman–Crippen LogP) is 2.59. The van der Waals surface area contributed by atoms with Gasteiger partial charge in [-0.1, -0.05) is 43.3 Å². The maximum absolute atomic E-state index is 12.7. The van der Waals surface area contributed by atoms with Crippen LogP contribution >= 0.6 is 13.5 Å². The van der Waals surface area contributed by atoms with E-state index in [0.29, 0.717) is 82.4 Å². The molecule has 0 radical (unpaired) electrons. The Labute approximate surface area is 255 Å². The molecule has 2 aromatic rings. The Kier molecular flexibility index (Phi) is 21.2. The van der Waals surface area contributed by atoms with E-state index < -0.39 is 0 Å². The van der Waals surface area contributed by atoms with Gasteiger partial charge in [0.1, 0.15) is 5.42 Å². The maximum Gasteiger partial charge on any atom is 0.294 e. The van der Waals surface area contributed by atoms with Crippen molar-refractivity contribution in [3.8, 4) is 0 Å². The summed E-state index contributed by atoms with van der Waals surface area (Å²) in [5, 5.41) is 0.588. The zero-order valence-electron chi connectivity index (χ0n) is 25.1. The third kappa shape index (κ3) is 14.0. The molecule has 0 N–H and O–H groups in total. The van der Waals surface area contributed by atoms with Crippen molar-refractivity contribution >= 4 is 37.5 Å². The number of nitrogens with zero attached hydrogens (tertiary/aromatic N) is 1. The van der Waals surface area contributed by atoms with Crippen LogP contribution in [0.3, 0.4) is 0 Å². The molecule has 1 heterocycles. The molecule has 0 aliphatic heterocycles. The van der Waals surface area contributed by atoms with Crippen LogP contribution in [0.25, 0.3) is 11.6 Å². The van der Waals surface area contributed by atoms with Crippen LogP contribution in [0.15, 0.2) is 45.6 Å². The predicted molar refractivity (Wildman–Crippen MR) is 168 cm³/mol. The van der Waals surface area contributed by atoms with Crippen LogP contribution in [0.5, 0.6) is 0 Å². The normalized spacial score (nSPS) is 11.8. The highest BCUT2D eigenvalue weighted by molar-refractivity contribution is 7.59. The fourth-order valence-electron chi connectivity index (χ4n) is 3.96. The van der Waals surface area contributed by atoms with E-state index in [1.807, 2.05) is 43.3 Å². The molecule has 0 bridgehead atoms. The lowest BCUT2D eigenvalue weighted by molar-refractivity contribution is -0.128. The van der Waals surface area contributed by atoms with Gasteiger partial charge in [-0.25, -0.2) is 0 Å². The summed E-state index contributed by atoms with van der Waals surface area (Å²) in [5.41, 5.74) is 2.53. The van der Waals surface area contributed by atoms with E-state index in [4.69, 9.17) is 32.8 Å². The van der Waals surface area contributed by atoms with Gasteiger partial charge in [0, 0.05) is 38.5 Å². The quantitative estimate of drug-likeness (QED) is 0.126. The van der Waals surface area contributed by atoms with E-state index >= 15 is 0 Å². The van der Waals surface area contributed by atoms with Gasteiger partial charge >= 0.3 is 0 Å². The lowest BCUT2D eigenvalue weighted by atomic mass is 9.97. The highest BCUT2D eigenvalue weighted by Crippen LogP contribution is 2.19. The largest absolute Gasteiger partial charge is 0.446 e. The number of ether oxygens (including phenoxy) is 6. The van der Waals surface area contributed by atoms with Crippen LogP contribution in [-0.4, -0.2) is 86.3 Å². The third-order valence-electron chi connectivity index (χ3n) is 5.95. The molecule has 0 saturated heterocycles. The monoisotopic (exact) mass is 609 g/mol. The van der Waals surface area contributed by atoms with Crippen molar-refractivity contribution in [1.82, 2.24) is 0 Å². The summed E-state index contributed by atoms with van der Waals surface area (Å²) in [6, 6.07) is 11.4. The molecule has 11 heteroatoms. The highest BCUT2D eigenvalue weighted by atomic mass is 32.1. The SMILES string of the molecule is CCCOCCOCCOCCOC.CCOCCN(COC=O)c1cc(=O)c2c(o1)=C(c1ccccc1)CCC=2.S. The first-order valence-corrected chi connectivity index (χ1v) is 14.2. The van der Waals surface area contributed by atoms with Crippen molar-refractivity contribution in [1.29, 1.82) is 0 Å². The third-order valence-corrected chi connectivity index (χ3v) is 5.95. The molecule has 0 fully saturated rings. The first-order chi connectivity index (χ1) is 20.2. The average molecular weight is 610 g/mol. The molecule has 1 aliphatic carbocycles. The zero-order valence-corrected chi connectivity index (χ0v) is 26.1. The first kappa shape index (κ1) is 37.4. The minimum atomic E-state index is -0.105. The molecule has 1 aromatic carbocycles. The van der Waals surface area contributed by atoms with Gasteiger partial charge in [0.25, 0.3) is 6.47 Å². The zero-order chi connectivity index (χ0) is 29.5. The highest BCUT2D eigenvalue weighted by Gasteiger charge is 2.16. The van der Waals surface area contributed by atoms with E-state index in [-0.39, 0.29) is 25.7 Å². The Hall–Kier alpha value is -2.67. The van der Waals surface area contributed by atoms with E-state index in [1.165, 1.54) is 6.07 Å². The number of hydrogen-bond donors (Lipinski definition) is 0. The van der Waals surface area contributed by atoms with Crippen LogP contribution in [0.4, 0.5) is 5.88 Å². The van der Waals surface area contributed by atoms with Crippen LogP contribution in [0, 0.1) is 0 Å². The number of carbonyl (C=O) groups excluding carboxylic acids is 1. The topological polar surface area (TPSA) is 106 Å². The molecule has 0 amide bonds. The maximum atomic E-state index is 12.7. The summed E-state index contributed by atoms with van der Waals surface area (Å²) >= 11 is 0. The fraction of sp³-hybridized carbons (Fsp3) is 0.548. The van der Waals surface area contributed by atoms with Crippen molar-refractivity contribution in [3.63, 3.8) is 0 Å². The number of anilines is 1. The van der Waals surface area contributed by atoms with Crippen molar-refractivity contribution in [3.05, 3.63) is 62.8 Å². The molecule has 1 aliphatic rings. The van der Waals surface area contributed by atoms with Gasteiger partial charge in [-0.3, -0.25) is 9.59 Å². The summed E-state index contributed by atoms with van der Waals surface area (Å²) in [6.07, 6.45) is 4.57. The van der Waals surface area contributed by atoms with Crippen molar-refractivity contribution < 1.29 is 37.6 Å². The fourth-order valence-corrected chi connectivity index (χ4v) is 3.96. The number of rotatable bonds is 20. The molecule has 1 aromatic heterocycles. The smallest absolute Gasteiger partial charge is 0.294 e. The number of fused-ring (bicyclic) bond motifs is 1. The molecule has 3 rings (SSSR count). The van der Waals surface area contributed by atoms with E-state index in [2.05, 4.69) is 6.92 Å². The molecule has 42 heavy (non-hydrogen) atoms. The van der Waals surface area contributed by atoms with Crippen LogP contribution < -0.4 is 21.0 Å². The van der Waals surface area contributed by atoms with Gasteiger partial charge in [0.05, 0.1) is 51.5 Å². The van der Waals surface area contributed by atoms with E-state index in [0.717, 1.165) is 37.0 Å². The molecule has 0 spiro atoms. The molecular formula is C31H47NO9S. The van der Waals surface area contributed by atoms with Crippen molar-refractivity contribution in [2.75, 3.05) is 84.7 Å². The summed E-state index contributed by atoms with van der Waals surface area (Å²) in [4.78, 5) is 25.0. The van der Waals surface area contributed by atoms with E-state index in [1.54, 1.807) is 12.0 Å². The standard InChI is InChI=1S/C21H23NO5.C10H22O4.H2S/c1-2-25-12-11-22(14-26-15-23)20-13-19(24)18-10-6-9-17(21(18)27-20)16-7-4-3-5-8-16;1-3-4-12-7-8-14-10-9-13-6-5-11-2;/h3-5,7-8,10,13,15H,2,6,9,11-12,14H2,1H3;3-10H2,1-2H3;1H2. The second-order valence-electron chi connectivity index (χ2n) is 8.96.